The minimum atomic E-state index is -1.62. The van der Waals surface area contributed by atoms with E-state index in [1.165, 1.54) is 238 Å². The summed E-state index contributed by atoms with van der Waals surface area (Å²) in [6.45, 7) is 4.69. The summed E-state index contributed by atoms with van der Waals surface area (Å²) in [7, 11) is 5.94. The van der Waals surface area contributed by atoms with Crippen LogP contribution in [0, 0.1) is 0 Å². The van der Waals surface area contributed by atoms with E-state index in [0.29, 0.717) is 23.9 Å². The zero-order valence-corrected chi connectivity index (χ0v) is 59.0. The van der Waals surface area contributed by atoms with E-state index in [2.05, 4.69) is 98.9 Å². The Morgan fingerprint density at radius 2 is 0.640 bits per heavy atom. The first-order valence-electron chi connectivity index (χ1n) is 37.7. The number of hydrogen-bond acceptors (Lipinski definition) is 8. The van der Waals surface area contributed by atoms with Gasteiger partial charge in [0.25, 0.3) is 0 Å². The molecule has 9 heteroatoms. The number of carbonyl (C=O) groups is 3. The van der Waals surface area contributed by atoms with Crippen molar-refractivity contribution in [3.63, 3.8) is 0 Å². The van der Waals surface area contributed by atoms with Crippen LogP contribution in [0.15, 0.2) is 85.1 Å². The van der Waals surface area contributed by atoms with Crippen molar-refractivity contribution < 1.29 is 42.9 Å². The third-order valence-corrected chi connectivity index (χ3v) is 16.7. The van der Waals surface area contributed by atoms with E-state index >= 15 is 0 Å². The number of allylic oxidation sites excluding steroid dienone is 14. The van der Waals surface area contributed by atoms with Gasteiger partial charge in [-0.3, -0.25) is 9.59 Å². The molecule has 2 atom stereocenters. The van der Waals surface area contributed by atoms with Crippen molar-refractivity contribution in [1.29, 1.82) is 0 Å². The second-order valence-corrected chi connectivity index (χ2v) is 26.6. The van der Waals surface area contributed by atoms with Gasteiger partial charge in [-0.05, 0) is 70.6 Å². The highest BCUT2D eigenvalue weighted by Crippen LogP contribution is 2.19. The van der Waals surface area contributed by atoms with E-state index in [1.807, 2.05) is 21.1 Å². The molecule has 0 saturated carbocycles. The molecular weight excluding hydrogens is 1100 g/mol. The highest BCUT2D eigenvalue weighted by molar-refractivity contribution is 5.70. The van der Waals surface area contributed by atoms with Crippen LogP contribution in [-0.4, -0.2) is 82.3 Å². The molecule has 0 aromatic heterocycles. The van der Waals surface area contributed by atoms with Gasteiger partial charge in [0.1, 0.15) is 13.2 Å². The molecule has 0 aromatic rings. The number of quaternary nitrogens is 1. The molecule has 0 saturated heterocycles. The monoisotopic (exact) mass is 1250 g/mol. The second kappa shape index (κ2) is 70.3. The highest BCUT2D eigenvalue weighted by atomic mass is 16.7. The Labute approximate surface area is 550 Å². The summed E-state index contributed by atoms with van der Waals surface area (Å²) in [5.74, 6) is -2.26. The Hall–Kier alpha value is -3.53. The predicted octanol–water partition coefficient (Wildman–Crippen LogP) is 22.5. The van der Waals surface area contributed by atoms with E-state index in [9.17, 15) is 19.5 Å². The van der Waals surface area contributed by atoms with Gasteiger partial charge in [0.15, 0.2) is 12.4 Å². The van der Waals surface area contributed by atoms with Gasteiger partial charge in [-0.25, -0.2) is 0 Å². The number of carboxylic acids is 1. The summed E-state index contributed by atoms with van der Waals surface area (Å²) in [5.41, 5.74) is 0. The summed E-state index contributed by atoms with van der Waals surface area (Å²) in [4.78, 5) is 37.5. The van der Waals surface area contributed by atoms with Crippen molar-refractivity contribution in [2.24, 2.45) is 0 Å². The van der Waals surface area contributed by atoms with Crippen molar-refractivity contribution >= 4 is 17.9 Å². The SMILES string of the molecule is CC/C=C\C/C=C\C/C=C\C/C=C\C/C=C\C/C=C\C/C=C\CCCCCCCCCCCCCCCCCCCC(=O)OC(COC(=O)CCCCCCCCCCCCCCCCCCCCCCCCCCC)COC(OCC[N+](C)(C)C)C(=O)[O-]. The van der Waals surface area contributed by atoms with Gasteiger partial charge < -0.3 is 33.3 Å². The molecule has 0 spiro atoms. The molecule has 0 aliphatic rings. The fourth-order valence-corrected chi connectivity index (χ4v) is 10.9. The molecule has 0 bridgehead atoms. The van der Waals surface area contributed by atoms with Gasteiger partial charge in [-0.2, -0.15) is 0 Å². The van der Waals surface area contributed by atoms with Crippen LogP contribution in [-0.2, 0) is 33.3 Å². The Bertz CT molecular complexity index is 1740. The Morgan fingerprint density at radius 3 is 0.955 bits per heavy atom. The molecule has 2 unspecified atom stereocenters. The van der Waals surface area contributed by atoms with Crippen LogP contribution in [0.5, 0.6) is 0 Å². The predicted molar refractivity (Wildman–Crippen MR) is 380 cm³/mol. The van der Waals surface area contributed by atoms with Crippen LogP contribution in [0.2, 0.25) is 0 Å². The van der Waals surface area contributed by atoms with Crippen LogP contribution < -0.4 is 5.11 Å². The number of unbranched alkanes of at least 4 members (excludes halogenated alkanes) is 41. The highest BCUT2D eigenvalue weighted by Gasteiger charge is 2.22. The first-order chi connectivity index (χ1) is 43.6. The van der Waals surface area contributed by atoms with E-state index < -0.39 is 24.3 Å². The zero-order chi connectivity index (χ0) is 64.7. The summed E-state index contributed by atoms with van der Waals surface area (Å²) >= 11 is 0. The maximum Gasteiger partial charge on any atom is 0.306 e. The van der Waals surface area contributed by atoms with Crippen LogP contribution in [0.3, 0.4) is 0 Å². The minimum Gasteiger partial charge on any atom is -0.545 e. The molecule has 0 radical (unpaired) electrons. The number of esters is 2. The molecule has 0 fully saturated rings. The van der Waals surface area contributed by atoms with E-state index in [-0.39, 0.29) is 32.2 Å². The van der Waals surface area contributed by atoms with Gasteiger partial charge in [0, 0.05) is 12.8 Å². The summed E-state index contributed by atoms with van der Waals surface area (Å²) in [6.07, 6.45) is 92.6. The summed E-state index contributed by atoms with van der Waals surface area (Å²) < 4.78 is 22.8. The van der Waals surface area contributed by atoms with Gasteiger partial charge in [-0.15, -0.1) is 0 Å². The van der Waals surface area contributed by atoms with Gasteiger partial charge >= 0.3 is 11.9 Å². The number of carboxylic acid groups (broad SMARTS) is 1. The lowest BCUT2D eigenvalue weighted by atomic mass is 10.0. The number of likely N-dealkylation sites (N-methyl/N-ethyl adjacent to an activating group) is 1. The molecule has 89 heavy (non-hydrogen) atoms. The molecule has 0 heterocycles. The van der Waals surface area contributed by atoms with Crippen LogP contribution in [0.4, 0.5) is 0 Å². The molecule has 9 nitrogen and oxygen atoms in total. The number of hydrogen-bond donors (Lipinski definition) is 0. The van der Waals surface area contributed by atoms with Crippen LogP contribution in [0.1, 0.15) is 348 Å². The third-order valence-electron chi connectivity index (χ3n) is 16.7. The van der Waals surface area contributed by atoms with Crippen molar-refractivity contribution in [3.8, 4) is 0 Å². The maximum atomic E-state index is 13.0. The number of ether oxygens (including phenoxy) is 4. The molecular formula is C80H143NO8. The van der Waals surface area contributed by atoms with Crippen molar-refractivity contribution in [3.05, 3.63) is 85.1 Å². The lowest BCUT2D eigenvalue weighted by Crippen LogP contribution is -2.44. The van der Waals surface area contributed by atoms with Crippen molar-refractivity contribution in [1.82, 2.24) is 0 Å². The Kier molecular flexibility index (Phi) is 67.6. The topological polar surface area (TPSA) is 111 Å². The van der Waals surface area contributed by atoms with Crippen LogP contribution in [0.25, 0.3) is 0 Å². The van der Waals surface area contributed by atoms with Gasteiger partial charge in [0.05, 0.1) is 40.3 Å². The minimum absolute atomic E-state index is 0.148. The average Bonchev–Trinajstić information content (AvgIpc) is 3.64. The van der Waals surface area contributed by atoms with Crippen molar-refractivity contribution in [2.45, 2.75) is 360 Å². The lowest BCUT2D eigenvalue weighted by molar-refractivity contribution is -0.870. The number of nitrogens with zero attached hydrogens (tertiary/aromatic N) is 1. The standard InChI is InChI=1S/C80H143NO8/c1-6-8-10-12-14-16-18-20-22-24-26-28-30-32-33-34-35-36-37-38-39-40-41-42-43-44-45-47-49-51-53-55-57-59-61-63-65-67-69-71-78(83)89-76(75-88-80(79(84)85)86-73-72-81(3,4)5)74-87-77(82)70-68-66-64-62-60-58-56-54-52-50-48-46-31-29-27-25-23-21-19-17-15-13-11-9-7-2/h8,10,14,16,20,22,26,28,32-33,35-36,38-39,76,80H,6-7,9,11-13,15,17-19,21,23-25,27,29-31,34,37,40-75H2,1-5H3/b10-8-,16-14-,22-20-,28-26-,33-32-,36-35-,39-38-. The fourth-order valence-electron chi connectivity index (χ4n) is 10.9. The van der Waals surface area contributed by atoms with Crippen molar-refractivity contribution in [2.75, 3.05) is 47.5 Å². The zero-order valence-electron chi connectivity index (χ0n) is 59.0. The number of rotatable bonds is 70. The molecule has 0 aliphatic carbocycles. The van der Waals surface area contributed by atoms with E-state index in [4.69, 9.17) is 18.9 Å². The number of aliphatic carboxylic acids is 1. The molecule has 0 amide bonds. The molecule has 0 aliphatic heterocycles. The van der Waals surface area contributed by atoms with E-state index in [0.717, 1.165) is 77.0 Å². The van der Waals surface area contributed by atoms with Gasteiger partial charge in [0.2, 0.25) is 0 Å². The second-order valence-electron chi connectivity index (χ2n) is 26.6. The van der Waals surface area contributed by atoms with Gasteiger partial charge in [-0.1, -0.05) is 349 Å². The fraction of sp³-hybridized carbons (Fsp3) is 0.787. The first-order valence-corrected chi connectivity index (χ1v) is 37.7. The smallest absolute Gasteiger partial charge is 0.306 e. The molecule has 0 rings (SSSR count). The Balaban J connectivity index is 4.03. The normalized spacial score (nSPS) is 13.1. The molecule has 516 valence electrons. The lowest BCUT2D eigenvalue weighted by Gasteiger charge is -2.26. The summed E-state index contributed by atoms with van der Waals surface area (Å²) in [6, 6.07) is 0. The first kappa shape index (κ1) is 85.5. The maximum absolute atomic E-state index is 13.0. The number of carbonyl (C=O) groups excluding carboxylic acids is 3. The molecule has 0 aromatic carbocycles. The average molecular weight is 1250 g/mol. The largest absolute Gasteiger partial charge is 0.545 e. The van der Waals surface area contributed by atoms with E-state index in [1.54, 1.807) is 0 Å². The van der Waals surface area contributed by atoms with Crippen LogP contribution >= 0.6 is 0 Å². The molecule has 0 N–H and O–H groups in total. The quantitative estimate of drug-likeness (QED) is 0.0195. The Morgan fingerprint density at radius 1 is 0.348 bits per heavy atom. The third kappa shape index (κ3) is 71.8. The summed E-state index contributed by atoms with van der Waals surface area (Å²) in [5, 5.41) is 11.8.